The van der Waals surface area contributed by atoms with Crippen molar-refractivity contribution in [2.75, 3.05) is 6.61 Å². The summed E-state index contributed by atoms with van der Waals surface area (Å²) < 4.78 is 10.2. The minimum Gasteiger partial charge on any atom is -0.482 e. The van der Waals surface area contributed by atoms with Gasteiger partial charge in [0.25, 0.3) is 5.91 Å². The summed E-state index contributed by atoms with van der Waals surface area (Å²) in [4.78, 5) is 34.8. The highest BCUT2D eigenvalue weighted by Crippen LogP contribution is 2.20. The lowest BCUT2D eigenvalue weighted by Gasteiger charge is -2.14. The van der Waals surface area contributed by atoms with Gasteiger partial charge in [0.15, 0.2) is 12.7 Å². The van der Waals surface area contributed by atoms with Crippen LogP contribution in [0.25, 0.3) is 0 Å². The number of hydrogen-bond acceptors (Lipinski definition) is 5. The van der Waals surface area contributed by atoms with Gasteiger partial charge in [-0.1, -0.05) is 11.6 Å². The summed E-state index contributed by atoms with van der Waals surface area (Å²) in [6, 6.07) is 4.19. The van der Waals surface area contributed by atoms with Crippen LogP contribution in [0.3, 0.4) is 0 Å². The fourth-order valence-corrected chi connectivity index (χ4v) is 1.76. The molecule has 3 amide bonds. The number of rotatable bonds is 6. The number of carbonyl (C=O) groups is 3. The lowest BCUT2D eigenvalue weighted by molar-refractivity contribution is -0.156. The maximum absolute atomic E-state index is 11.7. The molecular weight excluding hydrogens is 336 g/mol. The zero-order chi connectivity index (χ0) is 18.3. The summed E-state index contributed by atoms with van der Waals surface area (Å²) in [5.74, 6) is -0.986. The van der Waals surface area contributed by atoms with Gasteiger partial charge < -0.3 is 14.8 Å². The van der Waals surface area contributed by atoms with Gasteiger partial charge in [0.1, 0.15) is 5.75 Å². The van der Waals surface area contributed by atoms with E-state index in [1.807, 2.05) is 6.92 Å². The average molecular weight is 357 g/mol. The molecule has 0 aliphatic carbocycles. The number of halogens is 1. The van der Waals surface area contributed by atoms with Gasteiger partial charge in [-0.15, -0.1) is 0 Å². The molecule has 0 saturated carbocycles. The summed E-state index contributed by atoms with van der Waals surface area (Å²) in [7, 11) is 0. The van der Waals surface area contributed by atoms with Crippen molar-refractivity contribution in [3.05, 3.63) is 28.8 Å². The van der Waals surface area contributed by atoms with Crippen LogP contribution in [0.4, 0.5) is 4.79 Å². The molecule has 0 spiro atoms. The second-order valence-electron chi connectivity index (χ2n) is 5.45. The number of benzene rings is 1. The van der Waals surface area contributed by atoms with E-state index in [4.69, 9.17) is 21.1 Å². The molecule has 1 unspecified atom stereocenters. The molecular formula is C16H21ClN2O5. The summed E-state index contributed by atoms with van der Waals surface area (Å²) >= 11 is 5.90. The van der Waals surface area contributed by atoms with Crippen molar-refractivity contribution >= 4 is 29.5 Å². The summed E-state index contributed by atoms with van der Waals surface area (Å²) in [6.45, 7) is 6.31. The van der Waals surface area contributed by atoms with Gasteiger partial charge in [-0.25, -0.2) is 9.59 Å². The molecule has 132 valence electrons. The molecule has 0 fully saturated rings. The number of carbonyl (C=O) groups excluding carboxylic acids is 3. The second-order valence-corrected chi connectivity index (χ2v) is 5.86. The van der Waals surface area contributed by atoms with Crippen LogP contribution in [0.1, 0.15) is 26.3 Å². The molecule has 0 radical (unpaired) electrons. The number of amides is 3. The Morgan fingerprint density at radius 1 is 1.21 bits per heavy atom. The Bertz CT molecular complexity index is 618. The number of urea groups is 1. The molecule has 8 heteroatoms. The standard InChI is InChI=1S/C16H21ClN2O5/c1-9(2)18-16(22)19-15(21)11(4)24-14(20)8-23-12-5-6-13(17)10(3)7-12/h5-7,9,11H,8H2,1-4H3,(H2,18,19,21,22). The zero-order valence-electron chi connectivity index (χ0n) is 14.0. The van der Waals surface area contributed by atoms with Crippen molar-refractivity contribution in [1.82, 2.24) is 10.6 Å². The Morgan fingerprint density at radius 2 is 1.88 bits per heavy atom. The molecule has 0 bridgehead atoms. The average Bonchev–Trinajstić information content (AvgIpc) is 2.47. The first-order valence-corrected chi connectivity index (χ1v) is 7.76. The molecule has 7 nitrogen and oxygen atoms in total. The lowest BCUT2D eigenvalue weighted by atomic mass is 10.2. The summed E-state index contributed by atoms with van der Waals surface area (Å²) in [5.41, 5.74) is 0.812. The van der Waals surface area contributed by atoms with E-state index in [-0.39, 0.29) is 12.6 Å². The van der Waals surface area contributed by atoms with Gasteiger partial charge in [-0.05, 0) is 51.5 Å². The minimum absolute atomic E-state index is 0.119. The molecule has 1 aromatic rings. The minimum atomic E-state index is -1.12. The number of hydrogen-bond donors (Lipinski definition) is 2. The Hall–Kier alpha value is -2.28. The highest BCUT2D eigenvalue weighted by atomic mass is 35.5. The molecule has 1 aromatic carbocycles. The SMILES string of the molecule is Cc1cc(OCC(=O)OC(C)C(=O)NC(=O)NC(C)C)ccc1Cl. The maximum Gasteiger partial charge on any atom is 0.344 e. The van der Waals surface area contributed by atoms with E-state index in [1.165, 1.54) is 6.92 Å². The molecule has 0 aromatic heterocycles. The quantitative estimate of drug-likeness (QED) is 0.762. The van der Waals surface area contributed by atoms with E-state index in [1.54, 1.807) is 32.0 Å². The maximum atomic E-state index is 11.7. The second kappa shape index (κ2) is 9.12. The van der Waals surface area contributed by atoms with Crippen LogP contribution in [0.2, 0.25) is 5.02 Å². The van der Waals surface area contributed by atoms with E-state index >= 15 is 0 Å². The highest BCUT2D eigenvalue weighted by molar-refractivity contribution is 6.31. The normalized spacial score (nSPS) is 11.6. The van der Waals surface area contributed by atoms with Crippen molar-refractivity contribution in [3.8, 4) is 5.75 Å². The number of aryl methyl sites for hydroxylation is 1. The van der Waals surface area contributed by atoms with Crippen LogP contribution in [0.5, 0.6) is 5.75 Å². The largest absolute Gasteiger partial charge is 0.482 e. The monoisotopic (exact) mass is 356 g/mol. The van der Waals surface area contributed by atoms with Crippen LogP contribution in [-0.2, 0) is 14.3 Å². The first kappa shape index (κ1) is 19.8. The fourth-order valence-electron chi connectivity index (χ4n) is 1.65. The smallest absolute Gasteiger partial charge is 0.344 e. The molecule has 0 heterocycles. The molecule has 2 N–H and O–H groups in total. The van der Waals surface area contributed by atoms with E-state index in [2.05, 4.69) is 10.6 Å². The molecule has 0 aliphatic rings. The Morgan fingerprint density at radius 3 is 2.46 bits per heavy atom. The number of esters is 1. The van der Waals surface area contributed by atoms with Crippen molar-refractivity contribution in [2.24, 2.45) is 0 Å². The van der Waals surface area contributed by atoms with Gasteiger partial charge >= 0.3 is 12.0 Å². The van der Waals surface area contributed by atoms with Crippen LogP contribution in [-0.4, -0.2) is 36.7 Å². The summed E-state index contributed by atoms with van der Waals surface area (Å²) in [5, 5.41) is 5.17. The van der Waals surface area contributed by atoms with Crippen molar-refractivity contribution in [2.45, 2.75) is 39.8 Å². The van der Waals surface area contributed by atoms with Crippen molar-refractivity contribution in [1.29, 1.82) is 0 Å². The third-order valence-corrected chi connectivity index (χ3v) is 3.24. The first-order chi connectivity index (χ1) is 11.2. The van der Waals surface area contributed by atoms with Crippen molar-refractivity contribution in [3.63, 3.8) is 0 Å². The lowest BCUT2D eigenvalue weighted by Crippen LogP contribution is -2.46. The summed E-state index contributed by atoms with van der Waals surface area (Å²) in [6.07, 6.45) is -1.12. The van der Waals surface area contributed by atoms with Gasteiger partial charge in [0.05, 0.1) is 0 Å². The van der Waals surface area contributed by atoms with Crippen LogP contribution in [0, 0.1) is 6.92 Å². The van der Waals surface area contributed by atoms with Gasteiger partial charge in [0.2, 0.25) is 0 Å². The number of imide groups is 1. The molecule has 0 aliphatic heterocycles. The van der Waals surface area contributed by atoms with E-state index in [0.717, 1.165) is 5.56 Å². The molecule has 24 heavy (non-hydrogen) atoms. The third-order valence-electron chi connectivity index (χ3n) is 2.82. The van der Waals surface area contributed by atoms with Crippen molar-refractivity contribution < 1.29 is 23.9 Å². The topological polar surface area (TPSA) is 93.7 Å². The van der Waals surface area contributed by atoms with E-state index in [0.29, 0.717) is 10.8 Å². The van der Waals surface area contributed by atoms with E-state index < -0.39 is 24.0 Å². The van der Waals surface area contributed by atoms with E-state index in [9.17, 15) is 14.4 Å². The highest BCUT2D eigenvalue weighted by Gasteiger charge is 2.20. The number of nitrogens with one attached hydrogen (secondary N) is 2. The Labute approximate surface area is 145 Å². The third kappa shape index (κ3) is 6.87. The molecule has 0 saturated heterocycles. The van der Waals surface area contributed by atoms with Gasteiger partial charge in [-0.3, -0.25) is 10.1 Å². The zero-order valence-corrected chi connectivity index (χ0v) is 14.8. The van der Waals surface area contributed by atoms with Gasteiger partial charge in [0, 0.05) is 11.1 Å². The first-order valence-electron chi connectivity index (χ1n) is 7.38. The Kier molecular flexibility index (Phi) is 7.51. The fraction of sp³-hybridized carbons (Fsp3) is 0.438. The molecule has 1 atom stereocenters. The van der Waals surface area contributed by atoms with Gasteiger partial charge in [-0.2, -0.15) is 0 Å². The van der Waals surface area contributed by atoms with Crippen LogP contribution < -0.4 is 15.4 Å². The predicted octanol–water partition coefficient (Wildman–Crippen LogP) is 2.19. The van der Waals surface area contributed by atoms with Crippen LogP contribution >= 0.6 is 11.6 Å². The number of ether oxygens (including phenoxy) is 2. The molecule has 1 rings (SSSR count). The Balaban J connectivity index is 2.41. The van der Waals surface area contributed by atoms with Crippen LogP contribution in [0.15, 0.2) is 18.2 Å². The predicted molar refractivity (Wildman–Crippen MR) is 89.0 cm³/mol.